The van der Waals surface area contributed by atoms with Crippen molar-refractivity contribution in [3.8, 4) is 0 Å². The van der Waals surface area contributed by atoms with Gasteiger partial charge in [-0.25, -0.2) is 0 Å². The minimum absolute atomic E-state index is 0.0288. The van der Waals surface area contributed by atoms with Gasteiger partial charge in [-0.3, -0.25) is 19.4 Å². The summed E-state index contributed by atoms with van der Waals surface area (Å²) in [6, 6.07) is 2.65. The molecule has 0 spiro atoms. The minimum atomic E-state index is -1.05. The molecule has 1 aromatic rings. The van der Waals surface area contributed by atoms with Crippen LogP contribution in [-0.2, 0) is 14.4 Å². The first-order chi connectivity index (χ1) is 9.49. The van der Waals surface area contributed by atoms with Gasteiger partial charge in [-0.1, -0.05) is 6.07 Å². The number of pyridine rings is 1. The Hall–Kier alpha value is -2.44. The predicted molar refractivity (Wildman–Crippen MR) is 66.7 cm³/mol. The number of carboxylic acid groups (broad SMARTS) is 2. The Balaban J connectivity index is 2.26. The summed E-state index contributed by atoms with van der Waals surface area (Å²) in [6.07, 6.45) is 2.68. The zero-order valence-electron chi connectivity index (χ0n) is 10.6. The summed E-state index contributed by atoms with van der Waals surface area (Å²) in [5.41, 5.74) is 0.592. The van der Waals surface area contributed by atoms with Crippen LogP contribution in [0.3, 0.4) is 0 Å². The average molecular weight is 278 g/mol. The van der Waals surface area contributed by atoms with Crippen molar-refractivity contribution in [1.29, 1.82) is 0 Å². The van der Waals surface area contributed by atoms with Gasteiger partial charge in [0.25, 0.3) is 0 Å². The quantitative estimate of drug-likeness (QED) is 0.813. The summed E-state index contributed by atoms with van der Waals surface area (Å²) in [6.45, 7) is 0.0288. The van der Waals surface area contributed by atoms with Gasteiger partial charge in [-0.05, 0) is 11.6 Å². The van der Waals surface area contributed by atoms with Crippen LogP contribution < -0.4 is 0 Å². The van der Waals surface area contributed by atoms with Gasteiger partial charge in [0.05, 0.1) is 18.4 Å². The molecule has 1 aliphatic heterocycles. The Labute approximate surface area is 114 Å². The molecular formula is C13H14N2O5. The highest BCUT2D eigenvalue weighted by atomic mass is 16.4. The molecule has 0 aliphatic carbocycles. The molecule has 1 saturated heterocycles. The average Bonchev–Trinajstić information content (AvgIpc) is 2.79. The highest BCUT2D eigenvalue weighted by Crippen LogP contribution is 2.30. The molecule has 2 heterocycles. The number of aromatic nitrogens is 1. The molecule has 1 aromatic heterocycles. The lowest BCUT2D eigenvalue weighted by atomic mass is 10.0. The molecule has 7 nitrogen and oxygen atoms in total. The Bertz CT molecular complexity index is 531. The maximum Gasteiger partial charge on any atom is 0.308 e. The first-order valence-corrected chi connectivity index (χ1v) is 6.13. The van der Waals surface area contributed by atoms with Gasteiger partial charge in [-0.2, -0.15) is 0 Å². The summed E-state index contributed by atoms with van der Waals surface area (Å²) in [4.78, 5) is 39.1. The lowest BCUT2D eigenvalue weighted by Crippen LogP contribution is -2.32. The van der Waals surface area contributed by atoms with E-state index in [1.165, 1.54) is 11.1 Å². The molecule has 2 rings (SSSR count). The van der Waals surface area contributed by atoms with E-state index in [-0.39, 0.29) is 25.3 Å². The van der Waals surface area contributed by atoms with E-state index >= 15 is 0 Å². The van der Waals surface area contributed by atoms with Crippen LogP contribution in [0.5, 0.6) is 0 Å². The van der Waals surface area contributed by atoms with Gasteiger partial charge in [-0.15, -0.1) is 0 Å². The number of carbonyl (C=O) groups excluding carboxylic acids is 1. The molecule has 1 fully saturated rings. The fraction of sp³-hybridized carbons (Fsp3) is 0.385. The van der Waals surface area contributed by atoms with Crippen molar-refractivity contribution < 1.29 is 24.6 Å². The summed E-state index contributed by atoms with van der Waals surface area (Å²) < 4.78 is 0. The number of nitrogens with zero attached hydrogens (tertiary/aromatic N) is 2. The summed E-state index contributed by atoms with van der Waals surface area (Å²) in [5, 5.41) is 18.0. The fourth-order valence-electron chi connectivity index (χ4n) is 2.34. The van der Waals surface area contributed by atoms with Crippen molar-refractivity contribution >= 4 is 17.8 Å². The fourth-order valence-corrected chi connectivity index (χ4v) is 2.34. The molecule has 7 heteroatoms. The largest absolute Gasteiger partial charge is 0.481 e. The van der Waals surface area contributed by atoms with E-state index < -0.39 is 23.9 Å². The molecule has 0 bridgehead atoms. The monoisotopic (exact) mass is 278 g/mol. The van der Waals surface area contributed by atoms with Gasteiger partial charge < -0.3 is 15.1 Å². The van der Waals surface area contributed by atoms with Crippen LogP contribution in [0, 0.1) is 5.92 Å². The highest BCUT2D eigenvalue weighted by molar-refractivity contribution is 5.86. The van der Waals surface area contributed by atoms with Crippen LogP contribution in [0.1, 0.15) is 24.4 Å². The van der Waals surface area contributed by atoms with Crippen LogP contribution >= 0.6 is 0 Å². The molecule has 2 unspecified atom stereocenters. The topological polar surface area (TPSA) is 108 Å². The van der Waals surface area contributed by atoms with Crippen molar-refractivity contribution in [1.82, 2.24) is 9.88 Å². The van der Waals surface area contributed by atoms with E-state index in [1.54, 1.807) is 18.3 Å². The molecule has 20 heavy (non-hydrogen) atoms. The van der Waals surface area contributed by atoms with Crippen LogP contribution in [0.4, 0.5) is 0 Å². The van der Waals surface area contributed by atoms with Crippen molar-refractivity contribution in [3.63, 3.8) is 0 Å². The Morgan fingerprint density at radius 3 is 2.70 bits per heavy atom. The Morgan fingerprint density at radius 1 is 1.45 bits per heavy atom. The molecule has 0 radical (unpaired) electrons. The van der Waals surface area contributed by atoms with Crippen molar-refractivity contribution in [2.24, 2.45) is 5.92 Å². The number of likely N-dealkylation sites (tertiary alicyclic amines) is 1. The molecule has 106 valence electrons. The van der Waals surface area contributed by atoms with E-state index in [9.17, 15) is 14.4 Å². The van der Waals surface area contributed by atoms with Crippen LogP contribution in [0.15, 0.2) is 24.5 Å². The van der Waals surface area contributed by atoms with Crippen molar-refractivity contribution in [3.05, 3.63) is 30.1 Å². The molecule has 1 amide bonds. The maximum atomic E-state index is 11.9. The molecule has 0 aromatic carbocycles. The Kier molecular flexibility index (Phi) is 3.97. The minimum Gasteiger partial charge on any atom is -0.481 e. The second-order valence-electron chi connectivity index (χ2n) is 4.69. The van der Waals surface area contributed by atoms with Gasteiger partial charge in [0.15, 0.2) is 0 Å². The molecule has 2 N–H and O–H groups in total. The highest BCUT2D eigenvalue weighted by Gasteiger charge is 2.39. The predicted octanol–water partition coefficient (Wildman–Crippen LogP) is 0.530. The van der Waals surface area contributed by atoms with Crippen molar-refractivity contribution in [2.75, 3.05) is 6.54 Å². The van der Waals surface area contributed by atoms with Crippen molar-refractivity contribution in [2.45, 2.75) is 18.9 Å². The van der Waals surface area contributed by atoms with Gasteiger partial charge in [0.2, 0.25) is 5.91 Å². The number of carboxylic acids is 2. The van der Waals surface area contributed by atoms with Crippen LogP contribution in [0.2, 0.25) is 0 Å². The number of aliphatic carboxylic acids is 2. The standard InChI is InChI=1S/C13H14N2O5/c16-11-4-9(13(19)20)7-15(11)10(5-12(17)18)8-2-1-3-14-6-8/h1-3,6,9-10H,4-5,7H2,(H,17,18)(H,19,20). The first-order valence-electron chi connectivity index (χ1n) is 6.13. The summed E-state index contributed by atoms with van der Waals surface area (Å²) in [7, 11) is 0. The van der Waals surface area contributed by atoms with E-state index in [0.717, 1.165) is 0 Å². The van der Waals surface area contributed by atoms with E-state index in [1.807, 2.05) is 0 Å². The number of carbonyl (C=O) groups is 3. The molecule has 2 atom stereocenters. The third-order valence-electron chi connectivity index (χ3n) is 3.32. The number of hydrogen-bond acceptors (Lipinski definition) is 4. The second-order valence-corrected chi connectivity index (χ2v) is 4.69. The number of amides is 1. The van der Waals surface area contributed by atoms with E-state index in [4.69, 9.17) is 10.2 Å². The van der Waals surface area contributed by atoms with Gasteiger partial charge in [0.1, 0.15) is 0 Å². The van der Waals surface area contributed by atoms with Gasteiger partial charge in [0, 0.05) is 25.4 Å². The smallest absolute Gasteiger partial charge is 0.308 e. The number of rotatable bonds is 5. The second kappa shape index (κ2) is 5.68. The van der Waals surface area contributed by atoms with Crippen LogP contribution in [-0.4, -0.2) is 44.5 Å². The normalized spacial score (nSPS) is 19.9. The third-order valence-corrected chi connectivity index (χ3v) is 3.32. The molecular weight excluding hydrogens is 264 g/mol. The SMILES string of the molecule is O=C(O)CC(c1cccnc1)N1CC(C(=O)O)CC1=O. The third kappa shape index (κ3) is 2.93. The zero-order valence-corrected chi connectivity index (χ0v) is 10.6. The summed E-state index contributed by atoms with van der Waals surface area (Å²) in [5.74, 6) is -3.21. The van der Waals surface area contributed by atoms with Crippen LogP contribution in [0.25, 0.3) is 0 Å². The van der Waals surface area contributed by atoms with Gasteiger partial charge >= 0.3 is 11.9 Å². The number of hydrogen-bond donors (Lipinski definition) is 2. The van der Waals surface area contributed by atoms with E-state index in [2.05, 4.69) is 4.98 Å². The Morgan fingerprint density at radius 2 is 2.20 bits per heavy atom. The van der Waals surface area contributed by atoms with E-state index in [0.29, 0.717) is 5.56 Å². The maximum absolute atomic E-state index is 11.9. The zero-order chi connectivity index (χ0) is 14.7. The molecule has 1 aliphatic rings. The lowest BCUT2D eigenvalue weighted by Gasteiger charge is -2.26. The lowest BCUT2D eigenvalue weighted by molar-refractivity contribution is -0.141. The summed E-state index contributed by atoms with van der Waals surface area (Å²) >= 11 is 0. The first kappa shape index (κ1) is 14.0. The molecule has 0 saturated carbocycles.